The van der Waals surface area contributed by atoms with Gasteiger partial charge in [-0.2, -0.15) is 0 Å². The van der Waals surface area contributed by atoms with Crippen LogP contribution < -0.4 is 0 Å². The number of aliphatic carboxylic acids is 1. The van der Waals surface area contributed by atoms with Gasteiger partial charge in [0.25, 0.3) is 5.91 Å². The molecule has 0 bridgehead atoms. The number of carbonyl (C=O) groups excluding carboxylic acids is 1. The molecule has 1 aromatic carbocycles. The maximum Gasteiger partial charge on any atom is 0.329 e. The van der Waals surface area contributed by atoms with Crippen LogP contribution in [-0.2, 0) is 9.53 Å². The third kappa shape index (κ3) is 3.95. The summed E-state index contributed by atoms with van der Waals surface area (Å²) in [6.45, 7) is 2.67. The fourth-order valence-corrected chi connectivity index (χ4v) is 2.60. The Hall–Kier alpha value is -1.59. The van der Waals surface area contributed by atoms with E-state index in [1.807, 2.05) is 19.1 Å². The Bertz CT molecular complexity index is 538. The number of ether oxygens (including phenoxy) is 1. The summed E-state index contributed by atoms with van der Waals surface area (Å²) in [6, 6.07) is 5.41. The van der Waals surface area contributed by atoms with Crippen molar-refractivity contribution < 1.29 is 19.4 Å². The third-order valence-electron chi connectivity index (χ3n) is 3.59. The molecule has 1 aliphatic rings. The van der Waals surface area contributed by atoms with E-state index < -0.39 is 5.97 Å². The molecule has 5 nitrogen and oxygen atoms in total. The molecule has 1 amide bonds. The number of carbonyl (C=O) groups is 2. The monoisotopic (exact) mass is 311 g/mol. The fourth-order valence-electron chi connectivity index (χ4n) is 2.40. The van der Waals surface area contributed by atoms with E-state index in [-0.39, 0.29) is 18.6 Å². The number of hydrogen-bond donors (Lipinski definition) is 1. The van der Waals surface area contributed by atoms with Gasteiger partial charge in [0.1, 0.15) is 6.61 Å². The second kappa shape index (κ2) is 6.91. The van der Waals surface area contributed by atoms with E-state index in [1.165, 1.54) is 0 Å². The molecule has 0 atom stereocenters. The zero-order chi connectivity index (χ0) is 15.4. The Morgan fingerprint density at radius 3 is 2.67 bits per heavy atom. The summed E-state index contributed by atoms with van der Waals surface area (Å²) in [4.78, 5) is 24.7. The predicted molar refractivity (Wildman–Crippen MR) is 78.7 cm³/mol. The van der Waals surface area contributed by atoms with Crippen molar-refractivity contribution in [1.82, 2.24) is 4.90 Å². The maximum absolute atomic E-state index is 12.5. The minimum Gasteiger partial charge on any atom is -0.480 e. The van der Waals surface area contributed by atoms with Gasteiger partial charge in [-0.3, -0.25) is 4.79 Å². The van der Waals surface area contributed by atoms with Gasteiger partial charge in [0.05, 0.1) is 16.7 Å². The van der Waals surface area contributed by atoms with Crippen LogP contribution >= 0.6 is 11.6 Å². The molecule has 1 fully saturated rings. The second-order valence-corrected chi connectivity index (χ2v) is 5.51. The van der Waals surface area contributed by atoms with Crippen LogP contribution in [0.2, 0.25) is 5.02 Å². The average Bonchev–Trinajstić information content (AvgIpc) is 2.48. The number of benzene rings is 1. The number of hydrogen-bond acceptors (Lipinski definition) is 3. The lowest BCUT2D eigenvalue weighted by Gasteiger charge is -2.32. The van der Waals surface area contributed by atoms with Gasteiger partial charge in [-0.25, -0.2) is 4.79 Å². The molecule has 1 saturated heterocycles. The minimum absolute atomic E-state index is 0.0830. The molecule has 6 heteroatoms. The standard InChI is InChI=1S/C15H18ClNO4/c1-10-3-2-4-12(14(10)16)15(20)17-7-5-11(6-8-17)21-9-13(18)19/h2-4,11H,5-9H2,1H3,(H,18,19). The first-order chi connectivity index (χ1) is 9.99. The summed E-state index contributed by atoms with van der Waals surface area (Å²) >= 11 is 6.18. The van der Waals surface area contributed by atoms with E-state index in [0.717, 1.165) is 5.56 Å². The summed E-state index contributed by atoms with van der Waals surface area (Å²) in [5.74, 6) is -1.06. The smallest absolute Gasteiger partial charge is 0.329 e. The molecule has 0 spiro atoms. The number of halogens is 1. The molecule has 114 valence electrons. The first-order valence-electron chi connectivity index (χ1n) is 6.87. The Balaban J connectivity index is 1.94. The molecule has 1 aromatic rings. The zero-order valence-electron chi connectivity index (χ0n) is 11.8. The highest BCUT2D eigenvalue weighted by atomic mass is 35.5. The van der Waals surface area contributed by atoms with Crippen molar-refractivity contribution in [3.8, 4) is 0 Å². The SMILES string of the molecule is Cc1cccc(C(=O)N2CCC(OCC(=O)O)CC2)c1Cl. The molecule has 0 unspecified atom stereocenters. The highest BCUT2D eigenvalue weighted by Crippen LogP contribution is 2.23. The average molecular weight is 312 g/mol. The first kappa shape index (κ1) is 15.8. The van der Waals surface area contributed by atoms with Gasteiger partial charge in [0, 0.05) is 13.1 Å². The Labute approximate surface area is 128 Å². The van der Waals surface area contributed by atoms with E-state index in [1.54, 1.807) is 11.0 Å². The molecule has 1 heterocycles. The molecule has 1 aliphatic heterocycles. The highest BCUT2D eigenvalue weighted by Gasteiger charge is 2.25. The van der Waals surface area contributed by atoms with Gasteiger partial charge in [-0.05, 0) is 31.4 Å². The largest absolute Gasteiger partial charge is 0.480 e. The van der Waals surface area contributed by atoms with Gasteiger partial charge < -0.3 is 14.7 Å². The summed E-state index contributed by atoms with van der Waals surface area (Å²) in [6.07, 6.45) is 1.18. The molecule has 1 N–H and O–H groups in total. The molecule has 2 rings (SSSR count). The van der Waals surface area contributed by atoms with Gasteiger partial charge in [0.2, 0.25) is 0 Å². The molecule has 0 aromatic heterocycles. The van der Waals surface area contributed by atoms with Gasteiger partial charge in [-0.1, -0.05) is 23.7 Å². The zero-order valence-corrected chi connectivity index (χ0v) is 12.6. The molecule has 0 saturated carbocycles. The molecular weight excluding hydrogens is 294 g/mol. The van der Waals surface area contributed by atoms with E-state index >= 15 is 0 Å². The predicted octanol–water partition coefficient (Wildman–Crippen LogP) is 2.35. The summed E-state index contributed by atoms with van der Waals surface area (Å²) in [5.41, 5.74) is 1.39. The topological polar surface area (TPSA) is 66.8 Å². The van der Waals surface area contributed by atoms with Crippen molar-refractivity contribution in [3.05, 3.63) is 34.3 Å². The lowest BCUT2D eigenvalue weighted by molar-refractivity contribution is -0.145. The van der Waals surface area contributed by atoms with Crippen molar-refractivity contribution in [2.24, 2.45) is 0 Å². The van der Waals surface area contributed by atoms with E-state index in [2.05, 4.69) is 0 Å². The quantitative estimate of drug-likeness (QED) is 0.927. The second-order valence-electron chi connectivity index (χ2n) is 5.13. The van der Waals surface area contributed by atoms with Crippen LogP contribution in [0.5, 0.6) is 0 Å². The molecule has 0 radical (unpaired) electrons. The van der Waals surface area contributed by atoms with Crippen molar-refractivity contribution in [3.63, 3.8) is 0 Å². The summed E-state index contributed by atoms with van der Waals surface area (Å²) in [5, 5.41) is 9.08. The number of nitrogens with zero attached hydrogens (tertiary/aromatic N) is 1. The van der Waals surface area contributed by atoms with Crippen molar-refractivity contribution in [2.45, 2.75) is 25.9 Å². The fraction of sp³-hybridized carbons (Fsp3) is 0.467. The van der Waals surface area contributed by atoms with Gasteiger partial charge >= 0.3 is 5.97 Å². The number of carboxylic acid groups (broad SMARTS) is 1. The minimum atomic E-state index is -0.972. The number of aryl methyl sites for hydroxylation is 1. The van der Waals surface area contributed by atoms with Crippen molar-refractivity contribution >= 4 is 23.5 Å². The van der Waals surface area contributed by atoms with Crippen LogP contribution in [-0.4, -0.2) is 47.7 Å². The van der Waals surface area contributed by atoms with Crippen LogP contribution in [0.25, 0.3) is 0 Å². The van der Waals surface area contributed by atoms with E-state index in [4.69, 9.17) is 21.4 Å². The molecule has 21 heavy (non-hydrogen) atoms. The Kier molecular flexibility index (Phi) is 5.20. The summed E-state index contributed by atoms with van der Waals surface area (Å²) < 4.78 is 5.26. The maximum atomic E-state index is 12.5. The summed E-state index contributed by atoms with van der Waals surface area (Å²) in [7, 11) is 0. The number of likely N-dealkylation sites (tertiary alicyclic amines) is 1. The van der Waals surface area contributed by atoms with Crippen LogP contribution in [0.3, 0.4) is 0 Å². The lowest BCUT2D eigenvalue weighted by atomic mass is 10.1. The lowest BCUT2D eigenvalue weighted by Crippen LogP contribution is -2.41. The normalized spacial score (nSPS) is 16.0. The number of piperidine rings is 1. The van der Waals surface area contributed by atoms with E-state index in [0.29, 0.717) is 36.5 Å². The van der Waals surface area contributed by atoms with E-state index in [9.17, 15) is 9.59 Å². The van der Waals surface area contributed by atoms with Gasteiger partial charge in [-0.15, -0.1) is 0 Å². The number of carboxylic acids is 1. The Morgan fingerprint density at radius 1 is 1.38 bits per heavy atom. The van der Waals surface area contributed by atoms with Gasteiger partial charge in [0.15, 0.2) is 0 Å². The van der Waals surface area contributed by atoms with Crippen LogP contribution in [0.4, 0.5) is 0 Å². The third-order valence-corrected chi connectivity index (χ3v) is 4.10. The Morgan fingerprint density at radius 2 is 2.05 bits per heavy atom. The first-order valence-corrected chi connectivity index (χ1v) is 7.24. The number of rotatable bonds is 4. The van der Waals surface area contributed by atoms with Crippen LogP contribution in [0.15, 0.2) is 18.2 Å². The number of amides is 1. The van der Waals surface area contributed by atoms with Crippen molar-refractivity contribution in [2.75, 3.05) is 19.7 Å². The van der Waals surface area contributed by atoms with Crippen molar-refractivity contribution in [1.29, 1.82) is 0 Å². The highest BCUT2D eigenvalue weighted by molar-refractivity contribution is 6.34. The molecule has 0 aliphatic carbocycles. The molecular formula is C15H18ClNO4. The van der Waals surface area contributed by atoms with Crippen LogP contribution in [0.1, 0.15) is 28.8 Å². The van der Waals surface area contributed by atoms with Crippen LogP contribution in [0, 0.1) is 6.92 Å².